The average molecular weight is 1820 g/mol. The minimum Gasteiger partial charge on any atom is -0.381 e. The highest BCUT2D eigenvalue weighted by atomic mass is 32.2. The Morgan fingerprint density at radius 2 is 0.709 bits per heavy atom. The minimum atomic E-state index is -1.64. The van der Waals surface area contributed by atoms with Crippen LogP contribution in [0.2, 0.25) is 0 Å². The van der Waals surface area contributed by atoms with Crippen molar-refractivity contribution < 1.29 is 23.2 Å². The molecule has 0 radical (unpaired) electrons. The van der Waals surface area contributed by atoms with Crippen molar-refractivity contribution in [2.24, 2.45) is 93.8 Å². The first kappa shape index (κ1) is 149. The molecule has 766 valence electrons. The summed E-state index contributed by atoms with van der Waals surface area (Å²) in [5, 5.41) is 9.93. The van der Waals surface area contributed by atoms with E-state index in [1.165, 1.54) is 151 Å². The van der Waals surface area contributed by atoms with E-state index in [9.17, 15) is 4.21 Å². The molecule has 10 heteroatoms. The fraction of sp³-hybridized carbons (Fsp3) is 0.838. The van der Waals surface area contributed by atoms with E-state index in [2.05, 4.69) is 241 Å². The van der Waals surface area contributed by atoms with Crippen molar-refractivity contribution in [3.63, 3.8) is 0 Å². The number of nitrogens with zero attached hydrogens (tertiary/aromatic N) is 2. The lowest BCUT2D eigenvalue weighted by atomic mass is 9.82. The van der Waals surface area contributed by atoms with Gasteiger partial charge in [0.15, 0.2) is 0 Å². The predicted molar refractivity (Wildman–Crippen MR) is 592 cm³/mol. The van der Waals surface area contributed by atoms with E-state index in [4.69, 9.17) is 18.9 Å². The maximum Gasteiger partial charge on any atom is 0.0832 e. The molecule has 0 bridgehead atoms. The number of nitrogens with one attached hydrogen (secondary N) is 2. The second-order valence-corrected chi connectivity index (χ2v) is 38.0. The van der Waals surface area contributed by atoms with Gasteiger partial charge in [-0.3, -0.25) is 14.3 Å². The molecular formula is C117H242N4O5S. The van der Waals surface area contributed by atoms with Gasteiger partial charge in [0.1, 0.15) is 0 Å². The summed E-state index contributed by atoms with van der Waals surface area (Å²) in [6, 6.07) is 21.0. The van der Waals surface area contributed by atoms with E-state index in [0.717, 1.165) is 129 Å². The third kappa shape index (κ3) is 94.4. The summed E-state index contributed by atoms with van der Waals surface area (Å²) in [7, 11) is -1.64. The standard InChI is InChI=1S/2C9H18.2C9H12.C8H16OS.C8H16.C7H15N.C7H11N.C7H14O2.2C7H14O.C6H10N2.12C2H6/c4*1-8(2)9-6-4-3-5-7-9;1-7(2)8-4-5-10(3,9)6-8;1-7(2)8-5-3-4-6-8;2*1-6(2)7-3-4-8-5-7;1-6(2)7-5-8-3-4-9-7;1-6(2)7-3-4-8-5-7;1-6(2)7-4-3-5-8-7;1-5(2)6-3-7-8-4-6;12*1-2/h2*8-9H,3-7H2,1-2H3;2*3-8H,1-2H3;7-8H,3-6H2,1-2H3;7-8H,3-6H2,1-2H3;6-8H,3-5H2,1-2H3;4-6H,3H2,1-2H3;6-7H,3-5H2,1-2H3;2*6-7H,3-5H2,1-2H3;3-5H,1-2H3,(H,7,8);12*1-2H3. The first-order valence-corrected chi connectivity index (χ1v) is 56.6. The van der Waals surface area contributed by atoms with E-state index in [1.807, 2.05) is 203 Å². The van der Waals surface area contributed by atoms with Crippen LogP contribution in [0.3, 0.4) is 0 Å². The highest BCUT2D eigenvalue weighted by Crippen LogP contribution is 2.32. The third-order valence-corrected chi connectivity index (χ3v) is 24.6. The largest absolute Gasteiger partial charge is 0.381 e. The van der Waals surface area contributed by atoms with Gasteiger partial charge in [0.25, 0.3) is 0 Å². The highest BCUT2D eigenvalue weighted by molar-refractivity contribution is 8.00. The summed E-state index contributed by atoms with van der Waals surface area (Å²) < 4.78 is 32.7. The number of rotatable bonds is 12. The topological polar surface area (TPSA) is 107 Å². The Morgan fingerprint density at radius 3 is 0.882 bits per heavy atom. The summed E-state index contributed by atoms with van der Waals surface area (Å²) >= 11 is 0. The smallest absolute Gasteiger partial charge is 0.0832 e. The van der Waals surface area contributed by atoms with Crippen molar-refractivity contribution in [3.05, 3.63) is 102 Å². The second-order valence-electron chi connectivity index (χ2n) is 35.3. The zero-order valence-corrected chi connectivity index (χ0v) is 96.7. The normalized spacial score (nSPS) is 19.3. The molecule has 7 heterocycles. The van der Waals surface area contributed by atoms with Gasteiger partial charge in [-0.25, -0.2) is 0 Å². The molecule has 12 rings (SSSR count). The lowest BCUT2D eigenvalue weighted by Crippen LogP contribution is -2.32. The average Bonchev–Trinajstić information content (AvgIpc) is 1.72. The maximum atomic E-state index is 11.4. The second kappa shape index (κ2) is 113. The van der Waals surface area contributed by atoms with Gasteiger partial charge in [0, 0.05) is 56.4 Å². The van der Waals surface area contributed by atoms with Crippen LogP contribution in [0.1, 0.15) is 495 Å². The Morgan fingerprint density at radius 1 is 0.346 bits per heavy atom. The van der Waals surface area contributed by atoms with E-state index in [1.54, 1.807) is 0 Å². The quantitative estimate of drug-likeness (QED) is 0.174. The van der Waals surface area contributed by atoms with Crippen molar-refractivity contribution in [1.82, 2.24) is 15.5 Å². The van der Waals surface area contributed by atoms with Gasteiger partial charge >= 0.3 is 0 Å². The van der Waals surface area contributed by atoms with Crippen LogP contribution in [-0.2, 0) is 28.5 Å². The molecular weight excluding hydrogens is 1570 g/mol. The van der Waals surface area contributed by atoms with Crippen LogP contribution in [0.5, 0.6) is 0 Å². The number of hydrogen-bond acceptors (Lipinski definition) is 8. The zero-order chi connectivity index (χ0) is 101. The summed E-state index contributed by atoms with van der Waals surface area (Å²) in [5.74, 6) is 20.2. The summed E-state index contributed by atoms with van der Waals surface area (Å²) in [6.45, 7) is 110. The van der Waals surface area contributed by atoms with Crippen LogP contribution >= 0.6 is 0 Å². The zero-order valence-electron chi connectivity index (χ0n) is 95.9. The molecule has 6 unspecified atom stereocenters. The Bertz CT molecular complexity index is 2340. The SMILES string of the molecule is C=S1(=O)CCC(C(C)C)C1.CC.CC.CC.CC.CC.CC.CC.CC.CC.CC.CC.CC.CC(C)C1=CN=CC1.CC(C)C1CCCC1.CC(C)C1CCCCC1.CC(C)C1CCCCC1.CC(C)C1CCCO1.CC(C)C1CCNC1.CC(C)C1CCOC1.CC(C)C1COCCO1.CC(C)c1ccccc1.CC(C)c1ccccc1.CC(C)c1cn[nH]c1. The van der Waals surface area contributed by atoms with Gasteiger partial charge in [-0.2, -0.15) is 5.10 Å². The fourth-order valence-electron chi connectivity index (χ4n) is 14.0. The third-order valence-electron chi connectivity index (χ3n) is 22.6. The molecule has 8 fully saturated rings. The lowest BCUT2D eigenvalue weighted by Gasteiger charge is -2.25. The Balaban J connectivity index is -0.000000111. The van der Waals surface area contributed by atoms with Gasteiger partial charge in [-0.15, -0.1) is 0 Å². The van der Waals surface area contributed by atoms with Crippen molar-refractivity contribution in [2.75, 3.05) is 64.2 Å². The lowest BCUT2D eigenvalue weighted by molar-refractivity contribution is -0.105. The highest BCUT2D eigenvalue weighted by Gasteiger charge is 2.26. The monoisotopic (exact) mass is 1820 g/mol. The van der Waals surface area contributed by atoms with Gasteiger partial charge in [-0.05, 0) is 189 Å². The van der Waals surface area contributed by atoms with Crippen molar-refractivity contribution in [3.8, 4) is 0 Å². The number of aromatic amines is 1. The van der Waals surface area contributed by atoms with Crippen LogP contribution in [0.25, 0.3) is 0 Å². The van der Waals surface area contributed by atoms with Gasteiger partial charge in [0.05, 0.1) is 38.2 Å². The number of H-pyrrole nitrogens is 1. The molecule has 3 aromatic rings. The van der Waals surface area contributed by atoms with Crippen LogP contribution < -0.4 is 5.32 Å². The molecule has 2 N–H and O–H groups in total. The van der Waals surface area contributed by atoms with E-state index >= 15 is 0 Å². The molecule has 2 aromatic carbocycles. The summed E-state index contributed by atoms with van der Waals surface area (Å²) in [5.41, 5.74) is 5.55. The molecule has 3 saturated carbocycles. The Kier molecular flexibility index (Phi) is 133. The molecule has 127 heavy (non-hydrogen) atoms. The first-order chi connectivity index (χ1) is 60.9. The molecule has 9 nitrogen and oxygen atoms in total. The van der Waals surface area contributed by atoms with Crippen LogP contribution in [0.15, 0.2) is 89.8 Å². The van der Waals surface area contributed by atoms with Gasteiger partial charge in [0.2, 0.25) is 0 Å². The number of aliphatic imine (C=N–C) groups is 1. The van der Waals surface area contributed by atoms with Gasteiger partial charge in [-0.1, -0.05) is 483 Å². The van der Waals surface area contributed by atoms with Crippen LogP contribution in [0.4, 0.5) is 0 Å². The van der Waals surface area contributed by atoms with E-state index in [-0.39, 0.29) is 0 Å². The van der Waals surface area contributed by atoms with E-state index in [0.29, 0.717) is 53.6 Å². The molecule has 0 spiro atoms. The molecule has 6 aliphatic heterocycles. The van der Waals surface area contributed by atoms with Crippen LogP contribution in [0, 0.1) is 88.8 Å². The Labute approximate surface area is 805 Å². The van der Waals surface area contributed by atoms with E-state index < -0.39 is 9.52 Å². The van der Waals surface area contributed by atoms with Crippen molar-refractivity contribution in [1.29, 1.82) is 0 Å². The predicted octanol–water partition coefficient (Wildman–Crippen LogP) is 37.9. The van der Waals surface area contributed by atoms with Crippen molar-refractivity contribution >= 4 is 21.6 Å². The summed E-state index contributed by atoms with van der Waals surface area (Å²) in [4.78, 5) is 4.00. The molecule has 6 atom stereocenters. The van der Waals surface area contributed by atoms with Crippen LogP contribution in [-0.4, -0.2) is 103 Å². The first-order valence-electron chi connectivity index (χ1n) is 54.6. The number of hydrogen-bond donors (Lipinski definition) is 2. The number of allylic oxidation sites excluding steroid dienone is 1. The Hall–Kier alpha value is -3.12. The fourth-order valence-corrected chi connectivity index (χ4v) is 16.2. The maximum absolute atomic E-state index is 11.4. The molecule has 9 aliphatic rings. The number of benzene rings is 2. The molecule has 1 aromatic heterocycles. The molecule has 0 amide bonds. The molecule has 3 aliphatic carbocycles. The summed E-state index contributed by atoms with van der Waals surface area (Å²) in [6.07, 6.45) is 36.9. The van der Waals surface area contributed by atoms with Gasteiger partial charge < -0.3 is 24.3 Å². The number of ether oxygens (including phenoxy) is 4. The minimum absolute atomic E-state index is 0.332. The van der Waals surface area contributed by atoms with Crippen molar-refractivity contribution in [2.45, 2.75) is 491 Å². The number of aromatic nitrogens is 2. The molecule has 5 saturated heterocycles.